The van der Waals surface area contributed by atoms with Gasteiger partial charge in [0.2, 0.25) is 0 Å². The van der Waals surface area contributed by atoms with E-state index in [0.717, 1.165) is 18.2 Å². The number of nitrogens with zero attached hydrogens (tertiary/aromatic N) is 4. The molecule has 30 heavy (non-hydrogen) atoms. The smallest absolute Gasteiger partial charge is 0.142 e. The average Bonchev–Trinajstić information content (AvgIpc) is 3.35. The predicted octanol–water partition coefficient (Wildman–Crippen LogP) is 5.17. The van der Waals surface area contributed by atoms with Gasteiger partial charge in [0, 0.05) is 29.9 Å². The maximum Gasteiger partial charge on any atom is 0.142 e. The number of pyridine rings is 2. The monoisotopic (exact) mass is 429 g/mol. The van der Waals surface area contributed by atoms with Gasteiger partial charge in [-0.05, 0) is 30.7 Å². The van der Waals surface area contributed by atoms with Crippen LogP contribution >= 0.6 is 11.6 Å². The molecule has 1 fully saturated rings. The van der Waals surface area contributed by atoms with Crippen LogP contribution in [-0.2, 0) is 0 Å². The number of halogens is 4. The fraction of sp³-hybridized carbons (Fsp3) is 0.190. The lowest BCUT2D eigenvalue weighted by Gasteiger charge is -2.21. The van der Waals surface area contributed by atoms with Crippen molar-refractivity contribution < 1.29 is 13.2 Å². The Balaban J connectivity index is 1.78. The minimum atomic E-state index is -0.979. The number of aromatic nitrogens is 4. The predicted molar refractivity (Wildman–Crippen MR) is 109 cm³/mol. The Bertz CT molecular complexity index is 1260. The van der Waals surface area contributed by atoms with E-state index in [2.05, 4.69) is 19.9 Å². The number of H-pyrrole nitrogens is 1. The van der Waals surface area contributed by atoms with Crippen molar-refractivity contribution in [3.63, 3.8) is 0 Å². The molecule has 1 N–H and O–H groups in total. The van der Waals surface area contributed by atoms with Gasteiger partial charge in [-0.1, -0.05) is 11.6 Å². The highest BCUT2D eigenvalue weighted by Crippen LogP contribution is 2.40. The molecule has 152 valence electrons. The summed E-state index contributed by atoms with van der Waals surface area (Å²) in [7, 11) is 0. The maximum absolute atomic E-state index is 14.7. The fourth-order valence-electron chi connectivity index (χ4n) is 3.77. The second-order valence-electron chi connectivity index (χ2n) is 7.12. The quantitative estimate of drug-likeness (QED) is 0.457. The van der Waals surface area contributed by atoms with Crippen LogP contribution in [0.15, 0.2) is 42.7 Å². The largest absolute Gasteiger partial charge is 0.353 e. The molecule has 9 heteroatoms. The van der Waals surface area contributed by atoms with Crippen molar-refractivity contribution >= 4 is 28.5 Å². The lowest BCUT2D eigenvalue weighted by Crippen LogP contribution is -2.22. The van der Waals surface area contributed by atoms with Crippen LogP contribution in [0.3, 0.4) is 0 Å². The Morgan fingerprint density at radius 1 is 1.10 bits per heavy atom. The van der Waals surface area contributed by atoms with Crippen LogP contribution < -0.4 is 4.90 Å². The van der Waals surface area contributed by atoms with E-state index in [4.69, 9.17) is 11.6 Å². The lowest BCUT2D eigenvalue weighted by molar-refractivity contribution is 0.364. The van der Waals surface area contributed by atoms with E-state index < -0.39 is 17.8 Å². The van der Waals surface area contributed by atoms with Crippen LogP contribution in [0, 0.1) is 11.6 Å². The molecule has 3 aromatic heterocycles. The molecule has 4 heterocycles. The Labute approximate surface area is 174 Å². The van der Waals surface area contributed by atoms with Crippen LogP contribution in [-0.4, -0.2) is 39.2 Å². The molecule has 1 atom stereocenters. The molecule has 1 aliphatic heterocycles. The molecule has 1 aliphatic rings. The number of anilines is 1. The van der Waals surface area contributed by atoms with E-state index in [0.29, 0.717) is 51.9 Å². The third kappa shape index (κ3) is 3.27. The van der Waals surface area contributed by atoms with Gasteiger partial charge >= 0.3 is 0 Å². The Hall–Kier alpha value is -3.13. The molecule has 0 bridgehead atoms. The summed E-state index contributed by atoms with van der Waals surface area (Å²) in [6.07, 6.45) is 2.42. The number of alkyl halides is 1. The van der Waals surface area contributed by atoms with E-state index >= 15 is 0 Å². The third-order valence-corrected chi connectivity index (χ3v) is 5.36. The number of aromatic amines is 1. The first-order valence-corrected chi connectivity index (χ1v) is 9.72. The van der Waals surface area contributed by atoms with Crippen LogP contribution in [0.2, 0.25) is 5.15 Å². The number of nitrogens with one attached hydrogen (secondary N) is 1. The average molecular weight is 430 g/mol. The molecule has 5 nitrogen and oxygen atoms in total. The van der Waals surface area contributed by atoms with E-state index in [1.807, 2.05) is 0 Å². The van der Waals surface area contributed by atoms with E-state index in [1.165, 1.54) is 12.4 Å². The zero-order chi connectivity index (χ0) is 20.8. The molecule has 5 rings (SSSR count). The third-order valence-electron chi connectivity index (χ3n) is 5.15. The lowest BCUT2D eigenvalue weighted by atomic mass is 9.99. The number of imidazole rings is 1. The highest BCUT2D eigenvalue weighted by Gasteiger charge is 2.28. The zero-order valence-corrected chi connectivity index (χ0v) is 16.3. The summed E-state index contributed by atoms with van der Waals surface area (Å²) in [5.74, 6) is -0.311. The van der Waals surface area contributed by atoms with Crippen LogP contribution in [0.4, 0.5) is 19.0 Å². The summed E-state index contributed by atoms with van der Waals surface area (Å²) in [4.78, 5) is 18.0. The number of benzene rings is 1. The molecular weight excluding hydrogens is 415 g/mol. The van der Waals surface area contributed by atoms with Gasteiger partial charge in [-0.15, -0.1) is 0 Å². The number of hydrogen-bond donors (Lipinski definition) is 1. The molecule has 0 saturated carbocycles. The highest BCUT2D eigenvalue weighted by atomic mass is 35.5. The summed E-state index contributed by atoms with van der Waals surface area (Å²) in [6, 6.07) is 6.48. The van der Waals surface area contributed by atoms with Gasteiger partial charge in [0.25, 0.3) is 0 Å². The Morgan fingerprint density at radius 2 is 1.97 bits per heavy atom. The van der Waals surface area contributed by atoms with Crippen molar-refractivity contribution in [2.75, 3.05) is 18.0 Å². The zero-order valence-electron chi connectivity index (χ0n) is 15.5. The first kappa shape index (κ1) is 18.9. The van der Waals surface area contributed by atoms with Gasteiger partial charge in [0.05, 0.1) is 23.8 Å². The van der Waals surface area contributed by atoms with Crippen molar-refractivity contribution in [2.45, 2.75) is 12.6 Å². The standard InChI is InChI=1S/C21H15ClF3N5/c22-18-8-16-17(9-27-18)29-20(28-16)19-13(14-7-11(23)1-2-15(14)25)3-5-26-21(19)30-6-4-12(24)10-30/h1-3,5,7-9,12H,4,6,10H2,(H,28,29). The number of hydrogen-bond acceptors (Lipinski definition) is 4. The molecule has 0 aliphatic carbocycles. The minimum Gasteiger partial charge on any atom is -0.353 e. The minimum absolute atomic E-state index is 0.0706. The fourth-order valence-corrected chi connectivity index (χ4v) is 3.93. The summed E-state index contributed by atoms with van der Waals surface area (Å²) in [5, 5.41) is 0.292. The second kappa shape index (κ2) is 7.28. The topological polar surface area (TPSA) is 57.7 Å². The molecule has 1 unspecified atom stereocenters. The Kier molecular flexibility index (Phi) is 4.58. The highest BCUT2D eigenvalue weighted by molar-refractivity contribution is 6.29. The van der Waals surface area contributed by atoms with Crippen molar-refractivity contribution in [1.29, 1.82) is 0 Å². The molecule has 0 amide bonds. The van der Waals surface area contributed by atoms with Gasteiger partial charge in [-0.2, -0.15) is 0 Å². The summed E-state index contributed by atoms with van der Waals surface area (Å²) in [5.41, 5.74) is 2.12. The molecule has 1 aromatic carbocycles. The molecule has 4 aromatic rings. The van der Waals surface area contributed by atoms with Crippen LogP contribution in [0.25, 0.3) is 33.5 Å². The van der Waals surface area contributed by atoms with Crippen molar-refractivity contribution in [2.24, 2.45) is 0 Å². The van der Waals surface area contributed by atoms with Crippen molar-refractivity contribution in [3.8, 4) is 22.5 Å². The molecular formula is C21H15ClF3N5. The number of fused-ring (bicyclic) bond motifs is 1. The summed E-state index contributed by atoms with van der Waals surface area (Å²) < 4.78 is 42.5. The first-order chi connectivity index (χ1) is 14.5. The van der Waals surface area contributed by atoms with E-state index in [-0.39, 0.29) is 12.1 Å². The van der Waals surface area contributed by atoms with Crippen LogP contribution in [0.1, 0.15) is 6.42 Å². The summed E-state index contributed by atoms with van der Waals surface area (Å²) >= 11 is 5.98. The Morgan fingerprint density at radius 3 is 2.77 bits per heavy atom. The second-order valence-corrected chi connectivity index (χ2v) is 7.51. The van der Waals surface area contributed by atoms with Gasteiger partial charge in [0.1, 0.15) is 40.1 Å². The molecule has 0 radical (unpaired) electrons. The van der Waals surface area contributed by atoms with Crippen molar-refractivity contribution in [3.05, 3.63) is 59.5 Å². The van der Waals surface area contributed by atoms with Gasteiger partial charge in [-0.3, -0.25) is 0 Å². The van der Waals surface area contributed by atoms with Gasteiger partial charge in [0.15, 0.2) is 0 Å². The van der Waals surface area contributed by atoms with Gasteiger partial charge in [-0.25, -0.2) is 28.1 Å². The van der Waals surface area contributed by atoms with E-state index in [9.17, 15) is 13.2 Å². The molecule has 0 spiro atoms. The first-order valence-electron chi connectivity index (χ1n) is 9.34. The number of rotatable bonds is 3. The van der Waals surface area contributed by atoms with E-state index in [1.54, 1.807) is 17.0 Å². The maximum atomic E-state index is 14.7. The SMILES string of the molecule is Fc1ccc(F)c(-c2ccnc(N3CCC(F)C3)c2-c2nc3cnc(Cl)cc3[nH]2)c1. The van der Waals surface area contributed by atoms with Gasteiger partial charge < -0.3 is 9.88 Å². The molecule has 1 saturated heterocycles. The normalized spacial score (nSPS) is 16.5. The summed E-state index contributed by atoms with van der Waals surface area (Å²) in [6.45, 7) is 0.632. The van der Waals surface area contributed by atoms with Crippen molar-refractivity contribution in [1.82, 2.24) is 19.9 Å². The van der Waals surface area contributed by atoms with Crippen LogP contribution in [0.5, 0.6) is 0 Å².